The van der Waals surface area contributed by atoms with Gasteiger partial charge in [0.25, 0.3) is 0 Å². The molecule has 30 heavy (non-hydrogen) atoms. The molecule has 0 saturated heterocycles. The molecular weight excluding hydrogens is 399 g/mol. The van der Waals surface area contributed by atoms with Gasteiger partial charge in [0, 0.05) is 24.3 Å². The summed E-state index contributed by atoms with van der Waals surface area (Å²) in [4.78, 5) is 12.2. The fraction of sp³-hybridized carbons (Fsp3) is 0.333. The number of anilines is 3. The molecular formula is C24H26ClFN4. The lowest BCUT2D eigenvalue weighted by atomic mass is 9.94. The van der Waals surface area contributed by atoms with Crippen molar-refractivity contribution in [3.8, 4) is 0 Å². The number of aryl methyl sites for hydroxylation is 2. The maximum atomic E-state index is 13.5. The van der Waals surface area contributed by atoms with Crippen molar-refractivity contribution >= 4 is 29.9 Å². The number of hydrogen-bond acceptors (Lipinski definition) is 4. The lowest BCUT2D eigenvalue weighted by Crippen LogP contribution is -2.33. The van der Waals surface area contributed by atoms with Gasteiger partial charge in [-0.15, -0.1) is 12.4 Å². The van der Waals surface area contributed by atoms with E-state index in [4.69, 9.17) is 9.97 Å². The molecule has 0 bridgehead atoms. The molecule has 0 fully saturated rings. The van der Waals surface area contributed by atoms with Gasteiger partial charge in [0.15, 0.2) is 0 Å². The average Bonchev–Trinajstić information content (AvgIpc) is 2.75. The monoisotopic (exact) mass is 424 g/mol. The molecule has 3 aromatic rings. The molecule has 0 atom stereocenters. The molecule has 0 saturated carbocycles. The number of hydrogen-bond donors (Lipinski definition) is 1. The third-order valence-corrected chi connectivity index (χ3v) is 6.03. The Bertz CT molecular complexity index is 1070. The maximum Gasteiger partial charge on any atom is 0.229 e. The predicted octanol–water partition coefficient (Wildman–Crippen LogP) is 5.53. The van der Waals surface area contributed by atoms with E-state index in [-0.39, 0.29) is 18.2 Å². The second-order valence-corrected chi connectivity index (χ2v) is 8.03. The number of fused-ring (bicyclic) bond motifs is 2. The average molecular weight is 425 g/mol. The largest absolute Gasteiger partial charge is 0.352 e. The van der Waals surface area contributed by atoms with Crippen LogP contribution in [0.25, 0.3) is 0 Å². The van der Waals surface area contributed by atoms with Gasteiger partial charge in [-0.3, -0.25) is 0 Å². The second kappa shape index (κ2) is 8.60. The first-order valence-electron chi connectivity index (χ1n) is 10.4. The van der Waals surface area contributed by atoms with Crippen LogP contribution in [0.1, 0.15) is 40.8 Å². The normalized spacial score (nSPS) is 15.1. The minimum absolute atomic E-state index is 0. The number of nitrogens with zero attached hydrogens (tertiary/aromatic N) is 3. The van der Waals surface area contributed by atoms with Crippen molar-refractivity contribution in [3.05, 3.63) is 76.2 Å². The van der Waals surface area contributed by atoms with Gasteiger partial charge in [0.1, 0.15) is 11.6 Å². The van der Waals surface area contributed by atoms with Gasteiger partial charge in [-0.2, -0.15) is 4.98 Å². The summed E-state index contributed by atoms with van der Waals surface area (Å²) in [7, 11) is 0. The van der Waals surface area contributed by atoms with Crippen LogP contribution < -0.4 is 10.2 Å². The van der Waals surface area contributed by atoms with Gasteiger partial charge in [0.05, 0.1) is 5.69 Å². The first-order chi connectivity index (χ1) is 14.2. The summed E-state index contributed by atoms with van der Waals surface area (Å²) >= 11 is 0. The summed E-state index contributed by atoms with van der Waals surface area (Å²) in [5.41, 5.74) is 6.97. The highest BCUT2D eigenvalue weighted by molar-refractivity contribution is 5.85. The van der Waals surface area contributed by atoms with Gasteiger partial charge in [-0.1, -0.05) is 24.3 Å². The lowest BCUT2D eigenvalue weighted by molar-refractivity contribution is 0.627. The summed E-state index contributed by atoms with van der Waals surface area (Å²) in [6.07, 6.45) is 5.43. The molecule has 2 aromatic carbocycles. The lowest BCUT2D eigenvalue weighted by Gasteiger charge is -2.33. The molecule has 1 aliphatic heterocycles. The first kappa shape index (κ1) is 20.6. The minimum Gasteiger partial charge on any atom is -0.352 e. The van der Waals surface area contributed by atoms with E-state index in [9.17, 15) is 4.39 Å². The quantitative estimate of drug-likeness (QED) is 0.600. The highest BCUT2D eigenvalue weighted by Gasteiger charge is 2.24. The number of nitrogens with one attached hydrogen (secondary N) is 1. The number of aromatic nitrogens is 2. The summed E-state index contributed by atoms with van der Waals surface area (Å²) in [5, 5.41) is 3.33. The maximum absolute atomic E-state index is 13.5. The Labute approximate surface area is 183 Å². The summed E-state index contributed by atoms with van der Waals surface area (Å²) < 4.78 is 13.5. The van der Waals surface area contributed by atoms with Crippen LogP contribution in [0.15, 0.2) is 42.5 Å². The summed E-state index contributed by atoms with van der Waals surface area (Å²) in [5.74, 6) is 1.44. The zero-order valence-corrected chi connectivity index (χ0v) is 17.9. The van der Waals surface area contributed by atoms with Gasteiger partial charge in [-0.05, 0) is 73.9 Å². The van der Waals surface area contributed by atoms with Crippen molar-refractivity contribution in [3.63, 3.8) is 0 Å². The molecule has 156 valence electrons. The third-order valence-electron chi connectivity index (χ3n) is 6.03. The second-order valence-electron chi connectivity index (χ2n) is 8.03. The van der Waals surface area contributed by atoms with Gasteiger partial charge < -0.3 is 10.2 Å². The Morgan fingerprint density at radius 3 is 2.60 bits per heavy atom. The van der Waals surface area contributed by atoms with Crippen molar-refractivity contribution in [1.29, 1.82) is 0 Å². The van der Waals surface area contributed by atoms with Crippen LogP contribution in [-0.2, 0) is 25.8 Å². The molecule has 1 aliphatic carbocycles. The molecule has 6 heteroatoms. The van der Waals surface area contributed by atoms with Crippen molar-refractivity contribution in [2.24, 2.45) is 0 Å². The van der Waals surface area contributed by atoms with E-state index < -0.39 is 0 Å². The summed E-state index contributed by atoms with van der Waals surface area (Å²) in [6, 6.07) is 13.4. The summed E-state index contributed by atoms with van der Waals surface area (Å²) in [6.45, 7) is 3.75. The molecule has 0 amide bonds. The molecule has 4 nitrogen and oxygen atoms in total. The molecule has 1 aromatic heterocycles. The zero-order valence-electron chi connectivity index (χ0n) is 17.1. The molecule has 5 rings (SSSR count). The Morgan fingerprint density at radius 1 is 0.967 bits per heavy atom. The highest BCUT2D eigenvalue weighted by atomic mass is 35.5. The van der Waals surface area contributed by atoms with Crippen LogP contribution in [0.3, 0.4) is 0 Å². The van der Waals surface area contributed by atoms with E-state index in [0.717, 1.165) is 55.1 Å². The Hall–Kier alpha value is -2.66. The van der Waals surface area contributed by atoms with E-state index in [1.165, 1.54) is 41.7 Å². The van der Waals surface area contributed by atoms with Gasteiger partial charge in [0.2, 0.25) is 5.95 Å². The topological polar surface area (TPSA) is 41.1 Å². The molecule has 2 heterocycles. The van der Waals surface area contributed by atoms with Crippen LogP contribution in [0, 0.1) is 12.7 Å². The number of benzene rings is 2. The first-order valence-corrected chi connectivity index (χ1v) is 10.4. The zero-order chi connectivity index (χ0) is 19.8. The molecule has 0 spiro atoms. The van der Waals surface area contributed by atoms with Crippen LogP contribution >= 0.6 is 12.4 Å². The Kier molecular flexibility index (Phi) is 5.91. The molecule has 1 N–H and O–H groups in total. The van der Waals surface area contributed by atoms with E-state index in [0.29, 0.717) is 5.95 Å². The molecule has 2 aliphatic rings. The van der Waals surface area contributed by atoms with E-state index in [1.54, 1.807) is 6.07 Å². The van der Waals surface area contributed by atoms with Crippen LogP contribution in [0.2, 0.25) is 0 Å². The number of halogens is 2. The van der Waals surface area contributed by atoms with Crippen LogP contribution in [0.4, 0.5) is 21.8 Å². The van der Waals surface area contributed by atoms with Crippen molar-refractivity contribution in [1.82, 2.24) is 9.97 Å². The Morgan fingerprint density at radius 2 is 1.77 bits per heavy atom. The minimum atomic E-state index is -0.230. The van der Waals surface area contributed by atoms with E-state index >= 15 is 0 Å². The van der Waals surface area contributed by atoms with Crippen molar-refractivity contribution in [2.75, 3.05) is 16.8 Å². The standard InChI is InChI=1S/C24H25FN4.ClH/c1-16-14-19(25)10-11-21(16)26-24-27-22-9-5-4-8-20(22)23(28-24)29-13-12-17-6-2-3-7-18(17)15-29;/h2-3,6-7,10-11,14H,4-5,8-9,12-13,15H2,1H3,(H,26,27,28);1H. The van der Waals surface area contributed by atoms with Crippen LogP contribution in [0.5, 0.6) is 0 Å². The van der Waals surface area contributed by atoms with E-state index in [2.05, 4.69) is 34.5 Å². The SMILES string of the molecule is Cc1cc(F)ccc1Nc1nc2c(c(N3CCc4ccccc4C3)n1)CCCC2.Cl. The third kappa shape index (κ3) is 3.99. The number of rotatable bonds is 3. The fourth-order valence-corrected chi connectivity index (χ4v) is 4.46. The van der Waals surface area contributed by atoms with E-state index in [1.807, 2.05) is 6.92 Å². The molecule has 0 unspecified atom stereocenters. The van der Waals surface area contributed by atoms with Gasteiger partial charge in [-0.25, -0.2) is 9.37 Å². The smallest absolute Gasteiger partial charge is 0.229 e. The molecule has 0 radical (unpaired) electrons. The predicted molar refractivity (Wildman–Crippen MR) is 122 cm³/mol. The Balaban J connectivity index is 0.00000218. The van der Waals surface area contributed by atoms with Gasteiger partial charge >= 0.3 is 0 Å². The van der Waals surface area contributed by atoms with Crippen molar-refractivity contribution in [2.45, 2.75) is 45.6 Å². The fourth-order valence-electron chi connectivity index (χ4n) is 4.46. The van der Waals surface area contributed by atoms with Crippen LogP contribution in [-0.4, -0.2) is 16.5 Å². The highest BCUT2D eigenvalue weighted by Crippen LogP contribution is 2.33. The van der Waals surface area contributed by atoms with Crippen molar-refractivity contribution < 1.29 is 4.39 Å².